The first kappa shape index (κ1) is 23.0. The molecule has 3 rings (SSSR count). The van der Waals surface area contributed by atoms with Crippen LogP contribution in [0.3, 0.4) is 0 Å². The zero-order chi connectivity index (χ0) is 22.5. The van der Waals surface area contributed by atoms with Crippen molar-refractivity contribution in [2.45, 2.75) is 20.3 Å². The molecule has 9 heteroatoms. The smallest absolute Gasteiger partial charge is 0.328 e. The average molecular weight is 550 g/mol. The second kappa shape index (κ2) is 10.1. The van der Waals surface area contributed by atoms with Crippen LogP contribution in [-0.2, 0) is 9.59 Å². The third-order valence-electron chi connectivity index (χ3n) is 4.53. The number of hydrogen-bond donors (Lipinski definition) is 3. The van der Waals surface area contributed by atoms with Gasteiger partial charge in [0.2, 0.25) is 0 Å². The largest absolute Gasteiger partial charge is 0.348 e. The van der Waals surface area contributed by atoms with Gasteiger partial charge in [-0.05, 0) is 60.9 Å². The van der Waals surface area contributed by atoms with Gasteiger partial charge in [0.05, 0.1) is 5.52 Å². The Bertz CT molecular complexity index is 1120. The molecule has 0 fully saturated rings. The van der Waals surface area contributed by atoms with Crippen molar-refractivity contribution in [1.82, 2.24) is 9.99 Å². The second-order valence-electron chi connectivity index (χ2n) is 7.41. The lowest BCUT2D eigenvalue weighted by molar-refractivity contribution is -0.136. The summed E-state index contributed by atoms with van der Waals surface area (Å²) in [6.45, 7) is 4.47. The summed E-state index contributed by atoms with van der Waals surface area (Å²) in [5.41, 5.74) is 3.93. The summed E-state index contributed by atoms with van der Waals surface area (Å²) in [7, 11) is 0. The van der Waals surface area contributed by atoms with Crippen molar-refractivity contribution in [3.8, 4) is 0 Å². The molecular weight excluding hydrogens is 528 g/mol. The van der Waals surface area contributed by atoms with Crippen molar-refractivity contribution in [1.29, 1.82) is 0 Å². The Labute approximate surface area is 196 Å². The van der Waals surface area contributed by atoms with E-state index in [-0.39, 0.29) is 5.69 Å². The number of carbonyl (C=O) groups is 3. The molecule has 0 saturated carbocycles. The van der Waals surface area contributed by atoms with Crippen LogP contribution in [0.5, 0.6) is 0 Å². The van der Waals surface area contributed by atoms with Gasteiger partial charge in [-0.2, -0.15) is 0 Å². The molecule has 31 heavy (non-hydrogen) atoms. The Balaban J connectivity index is 1.86. The van der Waals surface area contributed by atoms with Gasteiger partial charge in [-0.1, -0.05) is 45.7 Å². The van der Waals surface area contributed by atoms with Crippen molar-refractivity contribution in [2.75, 3.05) is 17.3 Å². The standard InChI is InChI=1S/C22H22Br2N4O3/c1-13(2)9-10-25-21(30)22(31)27-28-18-8-5-16(24)11-14(18)12-19(28)20(29)26-17-6-3-15(23)4-7-17/h3-8,11-13H,9-10H2,1-2H3,(H,25,30)(H,26,29)(H,27,31). The molecule has 0 atom stereocenters. The Hall–Kier alpha value is -2.65. The van der Waals surface area contributed by atoms with Gasteiger partial charge in [-0.3, -0.25) is 19.8 Å². The van der Waals surface area contributed by atoms with Crippen LogP contribution in [0.25, 0.3) is 10.9 Å². The maximum absolute atomic E-state index is 13.0. The van der Waals surface area contributed by atoms with Crippen LogP contribution in [0.2, 0.25) is 0 Å². The van der Waals surface area contributed by atoms with Gasteiger partial charge in [0, 0.05) is 26.6 Å². The summed E-state index contributed by atoms with van der Waals surface area (Å²) in [4.78, 5) is 37.6. The summed E-state index contributed by atoms with van der Waals surface area (Å²) < 4.78 is 3.05. The predicted octanol–water partition coefficient (Wildman–Crippen LogP) is 4.65. The number of benzene rings is 2. The van der Waals surface area contributed by atoms with E-state index in [9.17, 15) is 14.4 Å². The lowest BCUT2D eigenvalue weighted by Crippen LogP contribution is -2.40. The van der Waals surface area contributed by atoms with Crippen molar-refractivity contribution in [3.63, 3.8) is 0 Å². The normalized spacial score (nSPS) is 10.9. The number of nitrogens with one attached hydrogen (secondary N) is 3. The molecule has 2 aromatic carbocycles. The summed E-state index contributed by atoms with van der Waals surface area (Å²) in [5, 5.41) is 6.14. The topological polar surface area (TPSA) is 92.2 Å². The molecule has 3 N–H and O–H groups in total. The van der Waals surface area contributed by atoms with E-state index in [4.69, 9.17) is 0 Å². The molecule has 0 unspecified atom stereocenters. The summed E-state index contributed by atoms with van der Waals surface area (Å²) >= 11 is 6.77. The minimum Gasteiger partial charge on any atom is -0.348 e. The van der Waals surface area contributed by atoms with E-state index in [1.807, 2.05) is 32.0 Å². The molecule has 0 aliphatic rings. The van der Waals surface area contributed by atoms with Crippen LogP contribution < -0.4 is 16.1 Å². The fourth-order valence-electron chi connectivity index (χ4n) is 2.91. The van der Waals surface area contributed by atoms with Gasteiger partial charge >= 0.3 is 11.8 Å². The van der Waals surface area contributed by atoms with Crippen LogP contribution >= 0.6 is 31.9 Å². The third-order valence-corrected chi connectivity index (χ3v) is 5.55. The van der Waals surface area contributed by atoms with Gasteiger partial charge in [0.1, 0.15) is 5.69 Å². The highest BCUT2D eigenvalue weighted by Gasteiger charge is 2.21. The third kappa shape index (κ3) is 5.95. The number of amides is 3. The highest BCUT2D eigenvalue weighted by Crippen LogP contribution is 2.24. The van der Waals surface area contributed by atoms with Gasteiger partial charge in [-0.25, -0.2) is 4.68 Å². The number of halogens is 2. The molecule has 1 aromatic heterocycles. The zero-order valence-corrected chi connectivity index (χ0v) is 20.2. The molecule has 162 valence electrons. The lowest BCUT2D eigenvalue weighted by Gasteiger charge is -2.13. The number of fused-ring (bicyclic) bond motifs is 1. The monoisotopic (exact) mass is 548 g/mol. The molecule has 3 amide bonds. The Morgan fingerprint density at radius 2 is 1.61 bits per heavy atom. The Kier molecular flexibility index (Phi) is 7.50. The predicted molar refractivity (Wildman–Crippen MR) is 129 cm³/mol. The molecule has 0 radical (unpaired) electrons. The quantitative estimate of drug-likeness (QED) is 0.391. The van der Waals surface area contributed by atoms with E-state index in [1.54, 1.807) is 30.3 Å². The minimum absolute atomic E-state index is 0.194. The SMILES string of the molecule is CC(C)CCNC(=O)C(=O)Nn1c(C(=O)Nc2ccc(Br)cc2)cc2cc(Br)ccc21. The first-order chi connectivity index (χ1) is 14.7. The van der Waals surface area contributed by atoms with E-state index in [1.165, 1.54) is 4.68 Å². The van der Waals surface area contributed by atoms with Crippen molar-refractivity contribution in [3.05, 3.63) is 63.2 Å². The zero-order valence-electron chi connectivity index (χ0n) is 17.0. The van der Waals surface area contributed by atoms with E-state index in [2.05, 4.69) is 47.9 Å². The number of nitrogens with zero attached hydrogens (tertiary/aromatic N) is 1. The minimum atomic E-state index is -0.845. The van der Waals surface area contributed by atoms with E-state index in [0.29, 0.717) is 23.7 Å². The van der Waals surface area contributed by atoms with Crippen molar-refractivity contribution >= 4 is 66.2 Å². The van der Waals surface area contributed by atoms with Crippen molar-refractivity contribution in [2.24, 2.45) is 5.92 Å². The number of rotatable bonds is 6. The molecule has 0 spiro atoms. The summed E-state index contributed by atoms with van der Waals surface area (Å²) in [6.07, 6.45) is 0.764. The number of aromatic nitrogens is 1. The second-order valence-corrected chi connectivity index (χ2v) is 9.24. The highest BCUT2D eigenvalue weighted by molar-refractivity contribution is 9.10. The van der Waals surface area contributed by atoms with Crippen LogP contribution in [0.4, 0.5) is 5.69 Å². The van der Waals surface area contributed by atoms with Crippen LogP contribution in [0, 0.1) is 5.92 Å². The summed E-state index contributed by atoms with van der Waals surface area (Å²) in [6, 6.07) is 14.2. The fourth-order valence-corrected chi connectivity index (χ4v) is 3.55. The molecular formula is C22H22Br2N4O3. The number of carbonyl (C=O) groups excluding carboxylic acids is 3. The Morgan fingerprint density at radius 3 is 2.29 bits per heavy atom. The molecule has 0 bridgehead atoms. The number of hydrogen-bond acceptors (Lipinski definition) is 3. The number of anilines is 1. The van der Waals surface area contributed by atoms with Gasteiger partial charge < -0.3 is 10.6 Å². The Morgan fingerprint density at radius 1 is 0.935 bits per heavy atom. The average Bonchev–Trinajstić information content (AvgIpc) is 3.06. The van der Waals surface area contributed by atoms with E-state index < -0.39 is 17.7 Å². The lowest BCUT2D eigenvalue weighted by atomic mass is 10.1. The maximum atomic E-state index is 13.0. The van der Waals surface area contributed by atoms with Gasteiger partial charge in [0.15, 0.2) is 0 Å². The first-order valence-corrected chi connectivity index (χ1v) is 11.3. The molecule has 0 aliphatic carbocycles. The van der Waals surface area contributed by atoms with E-state index in [0.717, 1.165) is 20.8 Å². The van der Waals surface area contributed by atoms with E-state index >= 15 is 0 Å². The van der Waals surface area contributed by atoms with Crippen LogP contribution in [-0.4, -0.2) is 28.9 Å². The molecule has 3 aromatic rings. The first-order valence-electron chi connectivity index (χ1n) is 9.71. The van der Waals surface area contributed by atoms with Gasteiger partial charge in [-0.15, -0.1) is 0 Å². The summed E-state index contributed by atoms with van der Waals surface area (Å²) in [5.74, 6) is -1.61. The maximum Gasteiger partial charge on any atom is 0.328 e. The molecule has 7 nitrogen and oxygen atoms in total. The molecule has 0 saturated heterocycles. The highest BCUT2D eigenvalue weighted by atomic mass is 79.9. The molecule has 1 heterocycles. The fraction of sp³-hybridized carbons (Fsp3) is 0.227. The molecule has 0 aliphatic heterocycles. The van der Waals surface area contributed by atoms with Crippen molar-refractivity contribution < 1.29 is 14.4 Å². The van der Waals surface area contributed by atoms with Crippen LogP contribution in [0.15, 0.2) is 57.5 Å². The van der Waals surface area contributed by atoms with Gasteiger partial charge in [0.25, 0.3) is 5.91 Å². The van der Waals surface area contributed by atoms with Crippen LogP contribution in [0.1, 0.15) is 30.8 Å².